The van der Waals surface area contributed by atoms with Crippen molar-refractivity contribution in [3.8, 4) is 0 Å². The molecule has 0 bridgehead atoms. The number of benzene rings is 1. The number of halogens is 2. The summed E-state index contributed by atoms with van der Waals surface area (Å²) in [6.45, 7) is -0.313. The van der Waals surface area contributed by atoms with Crippen molar-refractivity contribution < 1.29 is 14.3 Å². The lowest BCUT2D eigenvalue weighted by molar-refractivity contribution is -0.147. The predicted octanol–water partition coefficient (Wildman–Crippen LogP) is 4.84. The van der Waals surface area contributed by atoms with Crippen LogP contribution in [0.3, 0.4) is 0 Å². The lowest BCUT2D eigenvalue weighted by atomic mass is 9.86. The van der Waals surface area contributed by atoms with E-state index >= 15 is 0 Å². The molecular formula is C17H21Cl2NO3. The van der Waals surface area contributed by atoms with Gasteiger partial charge in [-0.25, -0.2) is 0 Å². The lowest BCUT2D eigenvalue weighted by Crippen LogP contribution is -2.21. The summed E-state index contributed by atoms with van der Waals surface area (Å²) < 4.78 is 5.01. The number of esters is 1. The molecule has 1 amide bonds. The fourth-order valence-electron chi connectivity index (χ4n) is 2.80. The van der Waals surface area contributed by atoms with Gasteiger partial charge in [-0.05, 0) is 30.5 Å². The van der Waals surface area contributed by atoms with Crippen molar-refractivity contribution in [3.05, 3.63) is 28.2 Å². The van der Waals surface area contributed by atoms with E-state index in [1.165, 1.54) is 32.1 Å². The van der Waals surface area contributed by atoms with Crippen molar-refractivity contribution in [2.45, 2.75) is 44.9 Å². The third kappa shape index (κ3) is 6.40. The highest BCUT2D eigenvalue weighted by Gasteiger charge is 2.16. The molecular weight excluding hydrogens is 337 g/mol. The molecule has 1 N–H and O–H groups in total. The van der Waals surface area contributed by atoms with Gasteiger partial charge in [0.2, 0.25) is 0 Å². The van der Waals surface area contributed by atoms with Crippen molar-refractivity contribution in [2.75, 3.05) is 11.9 Å². The van der Waals surface area contributed by atoms with Crippen LogP contribution in [-0.2, 0) is 14.3 Å². The molecule has 1 fully saturated rings. The van der Waals surface area contributed by atoms with Gasteiger partial charge < -0.3 is 10.1 Å². The first-order chi connectivity index (χ1) is 11.0. The van der Waals surface area contributed by atoms with Crippen molar-refractivity contribution >= 4 is 40.8 Å². The smallest absolute Gasteiger partial charge is 0.306 e. The first kappa shape index (κ1) is 18.1. The fourth-order valence-corrected chi connectivity index (χ4v) is 3.13. The van der Waals surface area contributed by atoms with Crippen LogP contribution in [0.1, 0.15) is 44.9 Å². The molecule has 0 heterocycles. The molecule has 1 saturated carbocycles. The minimum Gasteiger partial charge on any atom is -0.456 e. The van der Waals surface area contributed by atoms with E-state index < -0.39 is 5.91 Å². The van der Waals surface area contributed by atoms with Crippen LogP contribution in [-0.4, -0.2) is 18.5 Å². The summed E-state index contributed by atoms with van der Waals surface area (Å²) in [6, 6.07) is 4.77. The van der Waals surface area contributed by atoms with Gasteiger partial charge in [-0.15, -0.1) is 0 Å². The second-order valence-electron chi connectivity index (χ2n) is 5.88. The van der Waals surface area contributed by atoms with E-state index in [4.69, 9.17) is 27.9 Å². The molecule has 0 spiro atoms. The Morgan fingerprint density at radius 3 is 2.65 bits per heavy atom. The molecule has 2 rings (SSSR count). The highest BCUT2D eigenvalue weighted by atomic mass is 35.5. The summed E-state index contributed by atoms with van der Waals surface area (Å²) in [4.78, 5) is 23.5. The molecule has 0 saturated heterocycles. The Balaban J connectivity index is 1.69. The molecule has 1 aliphatic rings. The number of rotatable bonds is 6. The number of anilines is 1. The minimum absolute atomic E-state index is 0.313. The zero-order valence-corrected chi connectivity index (χ0v) is 14.5. The highest BCUT2D eigenvalue weighted by Crippen LogP contribution is 2.27. The second kappa shape index (κ2) is 9.14. The molecule has 126 valence electrons. The van der Waals surface area contributed by atoms with E-state index in [0.717, 1.165) is 6.42 Å². The van der Waals surface area contributed by atoms with Gasteiger partial charge in [0.1, 0.15) is 0 Å². The molecule has 1 aromatic carbocycles. The molecule has 0 aromatic heterocycles. The van der Waals surface area contributed by atoms with E-state index in [1.54, 1.807) is 18.2 Å². The first-order valence-electron chi connectivity index (χ1n) is 7.95. The maximum atomic E-state index is 11.8. The van der Waals surface area contributed by atoms with Crippen LogP contribution in [0.2, 0.25) is 10.0 Å². The second-order valence-corrected chi connectivity index (χ2v) is 6.72. The number of amides is 1. The molecule has 0 aliphatic heterocycles. The lowest BCUT2D eigenvalue weighted by Gasteiger charge is -2.20. The molecule has 4 nitrogen and oxygen atoms in total. The van der Waals surface area contributed by atoms with Gasteiger partial charge in [0.15, 0.2) is 6.61 Å². The topological polar surface area (TPSA) is 55.4 Å². The molecule has 0 unspecified atom stereocenters. The summed E-state index contributed by atoms with van der Waals surface area (Å²) >= 11 is 11.8. The van der Waals surface area contributed by atoms with Gasteiger partial charge >= 0.3 is 5.97 Å². The average Bonchev–Trinajstić information content (AvgIpc) is 2.55. The number of hydrogen-bond donors (Lipinski definition) is 1. The third-order valence-corrected chi connectivity index (χ3v) is 4.61. The van der Waals surface area contributed by atoms with E-state index in [2.05, 4.69) is 5.32 Å². The summed E-state index contributed by atoms with van der Waals surface area (Å²) in [7, 11) is 0. The Labute approximate surface area is 146 Å². The van der Waals surface area contributed by atoms with E-state index in [-0.39, 0.29) is 12.6 Å². The Morgan fingerprint density at radius 1 is 1.17 bits per heavy atom. The number of carbonyl (C=O) groups excluding carboxylic acids is 2. The van der Waals surface area contributed by atoms with Gasteiger partial charge in [-0.1, -0.05) is 55.3 Å². The van der Waals surface area contributed by atoms with E-state index in [1.807, 2.05) is 0 Å². The molecule has 0 radical (unpaired) electrons. The maximum Gasteiger partial charge on any atom is 0.306 e. The quantitative estimate of drug-likeness (QED) is 0.741. The van der Waals surface area contributed by atoms with Gasteiger partial charge in [0, 0.05) is 11.4 Å². The van der Waals surface area contributed by atoms with Crippen molar-refractivity contribution in [1.82, 2.24) is 0 Å². The summed E-state index contributed by atoms with van der Waals surface area (Å²) in [5.41, 5.74) is 0.405. The van der Waals surface area contributed by atoms with Crippen LogP contribution in [0.25, 0.3) is 0 Å². The largest absolute Gasteiger partial charge is 0.456 e. The van der Waals surface area contributed by atoms with Crippen LogP contribution >= 0.6 is 23.2 Å². The number of nitrogens with one attached hydrogen (secondary N) is 1. The predicted molar refractivity (Wildman–Crippen MR) is 91.9 cm³/mol. The Kier molecular flexibility index (Phi) is 7.18. The molecule has 1 aliphatic carbocycles. The fraction of sp³-hybridized carbons (Fsp3) is 0.529. The van der Waals surface area contributed by atoms with Gasteiger partial charge in [-0.3, -0.25) is 9.59 Å². The Hall–Kier alpha value is -1.26. The molecule has 1 aromatic rings. The first-order valence-corrected chi connectivity index (χ1v) is 8.70. The van der Waals surface area contributed by atoms with Crippen molar-refractivity contribution in [1.29, 1.82) is 0 Å². The number of hydrogen-bond acceptors (Lipinski definition) is 3. The maximum absolute atomic E-state index is 11.8. The monoisotopic (exact) mass is 357 g/mol. The summed E-state index contributed by atoms with van der Waals surface area (Å²) in [6.07, 6.45) is 7.41. The molecule has 6 heteroatoms. The average molecular weight is 358 g/mol. The van der Waals surface area contributed by atoms with Crippen LogP contribution in [0, 0.1) is 5.92 Å². The zero-order valence-electron chi connectivity index (χ0n) is 12.9. The Morgan fingerprint density at radius 2 is 1.91 bits per heavy atom. The van der Waals surface area contributed by atoms with E-state index in [9.17, 15) is 9.59 Å². The highest BCUT2D eigenvalue weighted by molar-refractivity contribution is 6.35. The number of carbonyl (C=O) groups is 2. The normalized spacial score (nSPS) is 15.2. The van der Waals surface area contributed by atoms with Crippen LogP contribution in [0.5, 0.6) is 0 Å². The third-order valence-electron chi connectivity index (χ3n) is 4.05. The number of ether oxygens (including phenoxy) is 1. The van der Waals surface area contributed by atoms with Crippen LogP contribution < -0.4 is 5.32 Å². The standard InChI is InChI=1S/C17H21Cl2NO3/c18-13-7-8-14(19)15(10-13)20-16(21)11-23-17(22)9-6-12-4-2-1-3-5-12/h7-8,10,12H,1-6,9,11H2,(H,20,21). The summed E-state index contributed by atoms with van der Waals surface area (Å²) in [5, 5.41) is 3.43. The SMILES string of the molecule is O=C(COC(=O)CCC1CCCCC1)Nc1cc(Cl)ccc1Cl. The van der Waals surface area contributed by atoms with Crippen molar-refractivity contribution in [2.24, 2.45) is 5.92 Å². The zero-order chi connectivity index (χ0) is 16.7. The van der Waals surface area contributed by atoms with Crippen LogP contribution in [0.4, 0.5) is 5.69 Å². The summed E-state index contributed by atoms with van der Waals surface area (Å²) in [5.74, 6) is -0.140. The van der Waals surface area contributed by atoms with E-state index in [0.29, 0.717) is 28.1 Å². The van der Waals surface area contributed by atoms with Crippen molar-refractivity contribution in [3.63, 3.8) is 0 Å². The molecule has 23 heavy (non-hydrogen) atoms. The van der Waals surface area contributed by atoms with Gasteiger partial charge in [0.05, 0.1) is 10.7 Å². The minimum atomic E-state index is -0.430. The van der Waals surface area contributed by atoms with Crippen LogP contribution in [0.15, 0.2) is 18.2 Å². The Bertz CT molecular complexity index is 557. The molecule has 0 atom stereocenters. The van der Waals surface area contributed by atoms with Gasteiger partial charge in [0.25, 0.3) is 5.91 Å². The van der Waals surface area contributed by atoms with Gasteiger partial charge in [-0.2, -0.15) is 0 Å².